The molecule has 4 nitrogen and oxygen atoms in total. The summed E-state index contributed by atoms with van der Waals surface area (Å²) in [4.78, 5) is 0. The zero-order chi connectivity index (χ0) is 15.3. The molecule has 0 saturated heterocycles. The molecule has 1 N–H and O–H groups in total. The number of ether oxygens (including phenoxy) is 1. The largest absolute Gasteiger partial charge is 0.492 e. The van der Waals surface area contributed by atoms with Crippen LogP contribution in [0, 0.1) is 0 Å². The summed E-state index contributed by atoms with van der Waals surface area (Å²) in [5.74, 6) is 0.924. The molecule has 0 radical (unpaired) electrons. The van der Waals surface area contributed by atoms with Crippen LogP contribution in [0.4, 0.5) is 0 Å². The molecule has 0 unspecified atom stereocenters. The van der Waals surface area contributed by atoms with Gasteiger partial charge in [0.2, 0.25) is 0 Å². The lowest BCUT2D eigenvalue weighted by Crippen LogP contribution is -2.19. The van der Waals surface area contributed by atoms with E-state index in [0.717, 1.165) is 5.56 Å². The standard InChI is InChI=1S/C15H22ClNO3S/c1-2-9-21(18,19)10-8-20-15-5-3-4-14(16)13(15)11-17-12-6-7-12/h3-5,12,17H,2,6-11H2,1H3. The van der Waals surface area contributed by atoms with Crippen molar-refractivity contribution in [3.8, 4) is 5.75 Å². The molecule has 1 aromatic carbocycles. The van der Waals surface area contributed by atoms with Crippen LogP contribution in [-0.4, -0.2) is 32.6 Å². The van der Waals surface area contributed by atoms with Gasteiger partial charge in [-0.25, -0.2) is 8.42 Å². The first-order valence-electron chi connectivity index (χ1n) is 7.36. The van der Waals surface area contributed by atoms with Crippen LogP contribution in [0.25, 0.3) is 0 Å². The summed E-state index contributed by atoms with van der Waals surface area (Å²) in [7, 11) is -3.01. The molecule has 0 heterocycles. The zero-order valence-electron chi connectivity index (χ0n) is 12.3. The van der Waals surface area contributed by atoms with Crippen molar-refractivity contribution in [1.82, 2.24) is 5.32 Å². The quantitative estimate of drug-likeness (QED) is 0.756. The molecule has 1 aromatic rings. The normalized spacial score (nSPS) is 15.1. The summed E-state index contributed by atoms with van der Waals surface area (Å²) in [6.07, 6.45) is 3.04. The molecule has 0 amide bonds. The Morgan fingerprint density at radius 3 is 2.76 bits per heavy atom. The lowest BCUT2D eigenvalue weighted by Gasteiger charge is -2.13. The van der Waals surface area contributed by atoms with Gasteiger partial charge in [-0.2, -0.15) is 0 Å². The topological polar surface area (TPSA) is 55.4 Å². The predicted octanol–water partition coefficient (Wildman–Crippen LogP) is 2.80. The fraction of sp³-hybridized carbons (Fsp3) is 0.600. The van der Waals surface area contributed by atoms with Gasteiger partial charge in [-0.05, 0) is 31.4 Å². The molecule has 118 valence electrons. The lowest BCUT2D eigenvalue weighted by atomic mass is 10.2. The van der Waals surface area contributed by atoms with E-state index in [2.05, 4.69) is 5.32 Å². The summed E-state index contributed by atoms with van der Waals surface area (Å²) in [5.41, 5.74) is 0.902. The first-order chi connectivity index (χ1) is 10.0. The maximum Gasteiger partial charge on any atom is 0.153 e. The molecule has 1 saturated carbocycles. The van der Waals surface area contributed by atoms with Crippen molar-refractivity contribution in [2.75, 3.05) is 18.1 Å². The Labute approximate surface area is 131 Å². The summed E-state index contributed by atoms with van der Waals surface area (Å²) in [6.45, 7) is 2.68. The average molecular weight is 332 g/mol. The van der Waals surface area contributed by atoms with Crippen LogP contribution < -0.4 is 10.1 Å². The van der Waals surface area contributed by atoms with Gasteiger partial charge in [-0.15, -0.1) is 0 Å². The summed E-state index contributed by atoms with van der Waals surface area (Å²) >= 11 is 6.21. The van der Waals surface area contributed by atoms with E-state index in [4.69, 9.17) is 16.3 Å². The van der Waals surface area contributed by atoms with Gasteiger partial charge in [0.1, 0.15) is 12.4 Å². The Bertz CT molecular complexity index is 570. The fourth-order valence-electron chi connectivity index (χ4n) is 2.07. The van der Waals surface area contributed by atoms with E-state index in [1.165, 1.54) is 12.8 Å². The molecule has 0 aliphatic heterocycles. The second kappa shape index (κ2) is 7.47. The van der Waals surface area contributed by atoms with Crippen LogP contribution in [0.3, 0.4) is 0 Å². The molecule has 21 heavy (non-hydrogen) atoms. The third kappa shape index (κ3) is 5.49. The van der Waals surface area contributed by atoms with Crippen molar-refractivity contribution >= 4 is 21.4 Å². The number of sulfone groups is 1. The van der Waals surface area contributed by atoms with E-state index in [1.54, 1.807) is 0 Å². The Kier molecular flexibility index (Phi) is 5.90. The zero-order valence-corrected chi connectivity index (χ0v) is 13.8. The van der Waals surface area contributed by atoms with Crippen molar-refractivity contribution in [2.45, 2.75) is 38.8 Å². The number of benzene rings is 1. The number of nitrogens with one attached hydrogen (secondary N) is 1. The van der Waals surface area contributed by atoms with Gasteiger partial charge >= 0.3 is 0 Å². The van der Waals surface area contributed by atoms with Gasteiger partial charge in [0.05, 0.1) is 11.5 Å². The van der Waals surface area contributed by atoms with Crippen LogP contribution >= 0.6 is 11.6 Å². The van der Waals surface area contributed by atoms with Crippen LogP contribution in [0.15, 0.2) is 18.2 Å². The van der Waals surface area contributed by atoms with Crippen molar-refractivity contribution < 1.29 is 13.2 Å². The summed E-state index contributed by atoms with van der Waals surface area (Å²) in [5, 5.41) is 4.05. The van der Waals surface area contributed by atoms with E-state index in [-0.39, 0.29) is 18.1 Å². The highest BCUT2D eigenvalue weighted by molar-refractivity contribution is 7.91. The molecule has 1 fully saturated rings. The highest BCUT2D eigenvalue weighted by atomic mass is 35.5. The van der Waals surface area contributed by atoms with Gasteiger partial charge < -0.3 is 10.1 Å². The molecule has 0 bridgehead atoms. The second-order valence-corrected chi connectivity index (χ2v) is 8.08. The highest BCUT2D eigenvalue weighted by Gasteiger charge is 2.21. The molecular weight excluding hydrogens is 310 g/mol. The number of hydrogen-bond donors (Lipinski definition) is 1. The minimum absolute atomic E-state index is 0.0445. The van der Waals surface area contributed by atoms with Crippen molar-refractivity contribution in [2.24, 2.45) is 0 Å². The molecule has 1 aliphatic rings. The maximum absolute atomic E-state index is 11.7. The second-order valence-electron chi connectivity index (χ2n) is 5.37. The predicted molar refractivity (Wildman–Crippen MR) is 85.8 cm³/mol. The minimum atomic E-state index is -3.01. The third-order valence-corrected chi connectivity index (χ3v) is 5.56. The van der Waals surface area contributed by atoms with Gasteiger partial charge in [0.25, 0.3) is 0 Å². The molecule has 0 spiro atoms. The van der Waals surface area contributed by atoms with Crippen molar-refractivity contribution in [3.05, 3.63) is 28.8 Å². The van der Waals surface area contributed by atoms with Crippen LogP contribution in [-0.2, 0) is 16.4 Å². The Morgan fingerprint density at radius 2 is 2.10 bits per heavy atom. The third-order valence-electron chi connectivity index (χ3n) is 3.39. The van der Waals surface area contributed by atoms with Crippen LogP contribution in [0.5, 0.6) is 5.75 Å². The number of halogens is 1. The summed E-state index contributed by atoms with van der Waals surface area (Å²) < 4.78 is 29.0. The molecule has 0 atom stereocenters. The first-order valence-corrected chi connectivity index (χ1v) is 9.56. The number of rotatable bonds is 9. The summed E-state index contributed by atoms with van der Waals surface area (Å²) in [6, 6.07) is 6.06. The van der Waals surface area contributed by atoms with E-state index in [9.17, 15) is 8.42 Å². The van der Waals surface area contributed by atoms with Gasteiger partial charge in [0.15, 0.2) is 9.84 Å². The maximum atomic E-state index is 11.7. The van der Waals surface area contributed by atoms with Gasteiger partial charge in [-0.1, -0.05) is 24.6 Å². The highest BCUT2D eigenvalue weighted by Crippen LogP contribution is 2.28. The monoisotopic (exact) mass is 331 g/mol. The SMILES string of the molecule is CCCS(=O)(=O)CCOc1cccc(Cl)c1CNC1CC1. The molecule has 1 aliphatic carbocycles. The Hall–Kier alpha value is -0.780. The van der Waals surface area contributed by atoms with E-state index in [0.29, 0.717) is 29.8 Å². The van der Waals surface area contributed by atoms with E-state index in [1.807, 2.05) is 25.1 Å². The average Bonchev–Trinajstić information content (AvgIpc) is 3.21. The molecular formula is C15H22ClNO3S. The number of hydrogen-bond acceptors (Lipinski definition) is 4. The Morgan fingerprint density at radius 1 is 1.33 bits per heavy atom. The molecule has 6 heteroatoms. The first kappa shape index (κ1) is 16.6. The smallest absolute Gasteiger partial charge is 0.153 e. The fourth-order valence-corrected chi connectivity index (χ4v) is 3.47. The molecule has 2 rings (SSSR count). The van der Waals surface area contributed by atoms with Crippen molar-refractivity contribution in [3.63, 3.8) is 0 Å². The van der Waals surface area contributed by atoms with Crippen LogP contribution in [0.1, 0.15) is 31.7 Å². The molecule has 0 aromatic heterocycles. The van der Waals surface area contributed by atoms with E-state index >= 15 is 0 Å². The Balaban J connectivity index is 1.93. The minimum Gasteiger partial charge on any atom is -0.492 e. The van der Waals surface area contributed by atoms with E-state index < -0.39 is 9.84 Å². The van der Waals surface area contributed by atoms with Crippen LogP contribution in [0.2, 0.25) is 5.02 Å². The van der Waals surface area contributed by atoms with Crippen molar-refractivity contribution in [1.29, 1.82) is 0 Å². The van der Waals surface area contributed by atoms with Gasteiger partial charge in [0, 0.05) is 23.2 Å². The van der Waals surface area contributed by atoms with Gasteiger partial charge in [-0.3, -0.25) is 0 Å². The lowest BCUT2D eigenvalue weighted by molar-refractivity contribution is 0.336.